The van der Waals surface area contributed by atoms with Crippen molar-refractivity contribution in [2.24, 2.45) is 0 Å². The van der Waals surface area contributed by atoms with Crippen LogP contribution in [0.1, 0.15) is 63.7 Å². The number of hydrogen-bond acceptors (Lipinski definition) is 10. The van der Waals surface area contributed by atoms with Gasteiger partial charge in [0.1, 0.15) is 20.2 Å². The Morgan fingerprint density at radius 3 is 0.929 bits per heavy atom. The largest absolute Gasteiger partial charge is 1.00 e. The normalized spacial score (nSPS) is 13.2. The summed E-state index contributed by atoms with van der Waals surface area (Å²) in [5.74, 6) is -2.16. The van der Waals surface area contributed by atoms with Crippen molar-refractivity contribution in [2.75, 3.05) is 0 Å². The number of rotatable bonds is 2. The zero-order chi connectivity index (χ0) is 29.0. The molecular formula is C28H14Na2O10S2. The first-order chi connectivity index (χ1) is 18.8. The van der Waals surface area contributed by atoms with E-state index >= 15 is 0 Å². The molecule has 10 nitrogen and oxygen atoms in total. The van der Waals surface area contributed by atoms with Crippen molar-refractivity contribution in [3.05, 3.63) is 129 Å². The van der Waals surface area contributed by atoms with E-state index in [1.807, 2.05) is 0 Å². The number of ketones is 4. The molecule has 0 aliphatic heterocycles. The van der Waals surface area contributed by atoms with Crippen molar-refractivity contribution in [1.29, 1.82) is 0 Å². The standard InChI is InChI=1S/2C14H8O5S.2Na/c2*15-13-8-4-1-2-5-9(8)14(16)12-10(13)6-3-7-11(12)20(17,18)19;;/h2*1-7H,(H,17,18,19);;/q;;2*+1/p-2. The number of fused-ring (bicyclic) bond motifs is 4. The van der Waals surface area contributed by atoms with Gasteiger partial charge in [-0.3, -0.25) is 19.2 Å². The number of hydrogen-bond donors (Lipinski definition) is 0. The van der Waals surface area contributed by atoms with E-state index in [0.717, 1.165) is 12.1 Å². The average Bonchev–Trinajstić information content (AvgIpc) is 2.93. The van der Waals surface area contributed by atoms with Gasteiger partial charge in [-0.2, -0.15) is 0 Å². The summed E-state index contributed by atoms with van der Waals surface area (Å²) in [6.07, 6.45) is 0. The minimum Gasteiger partial charge on any atom is -0.744 e. The van der Waals surface area contributed by atoms with Crippen LogP contribution in [0.25, 0.3) is 0 Å². The molecule has 0 spiro atoms. The molecule has 200 valence electrons. The van der Waals surface area contributed by atoms with Crippen molar-refractivity contribution in [3.8, 4) is 0 Å². The molecule has 0 heterocycles. The zero-order valence-corrected chi connectivity index (χ0v) is 27.6. The van der Waals surface area contributed by atoms with Crippen molar-refractivity contribution >= 4 is 43.4 Å². The third-order valence-electron chi connectivity index (χ3n) is 6.37. The molecule has 14 heteroatoms. The van der Waals surface area contributed by atoms with Crippen LogP contribution in [0.2, 0.25) is 0 Å². The second-order valence-corrected chi connectivity index (χ2v) is 11.4. The molecule has 4 aromatic carbocycles. The Morgan fingerprint density at radius 2 is 0.643 bits per heavy atom. The summed E-state index contributed by atoms with van der Waals surface area (Å²) in [6.45, 7) is 0. The summed E-state index contributed by atoms with van der Waals surface area (Å²) in [6, 6.07) is 19.6. The van der Waals surface area contributed by atoms with Crippen molar-refractivity contribution in [1.82, 2.24) is 0 Å². The van der Waals surface area contributed by atoms with E-state index in [9.17, 15) is 45.1 Å². The Bertz CT molecular complexity index is 1890. The van der Waals surface area contributed by atoms with Gasteiger partial charge in [-0.25, -0.2) is 16.8 Å². The molecule has 0 radical (unpaired) electrons. The Kier molecular flexibility index (Phi) is 10.1. The molecule has 0 N–H and O–H groups in total. The summed E-state index contributed by atoms with van der Waals surface area (Å²) < 4.78 is 67.5. The Balaban J connectivity index is 0.000000220. The molecule has 2 aliphatic rings. The minimum absolute atomic E-state index is 0. The van der Waals surface area contributed by atoms with E-state index < -0.39 is 53.2 Å². The quantitative estimate of drug-likeness (QED) is 0.141. The zero-order valence-electron chi connectivity index (χ0n) is 22.0. The molecule has 0 bridgehead atoms. The van der Waals surface area contributed by atoms with Gasteiger partial charge in [0.15, 0.2) is 23.1 Å². The van der Waals surface area contributed by atoms with Crippen LogP contribution in [0.4, 0.5) is 0 Å². The van der Waals surface area contributed by atoms with Crippen LogP contribution in [0.3, 0.4) is 0 Å². The molecule has 6 rings (SSSR count). The van der Waals surface area contributed by atoms with Crippen LogP contribution < -0.4 is 59.1 Å². The molecule has 0 atom stereocenters. The predicted molar refractivity (Wildman–Crippen MR) is 135 cm³/mol. The summed E-state index contributed by atoms with van der Waals surface area (Å²) in [4.78, 5) is 48.0. The Morgan fingerprint density at radius 1 is 0.381 bits per heavy atom. The summed E-state index contributed by atoms with van der Waals surface area (Å²) >= 11 is 0. The fourth-order valence-electron chi connectivity index (χ4n) is 4.64. The van der Waals surface area contributed by atoms with Gasteiger partial charge in [-0.05, 0) is 12.1 Å². The van der Waals surface area contributed by atoms with Crippen LogP contribution in [-0.4, -0.2) is 49.1 Å². The second-order valence-electron chi connectivity index (χ2n) is 8.67. The van der Waals surface area contributed by atoms with E-state index in [1.54, 1.807) is 24.3 Å². The topological polar surface area (TPSA) is 183 Å². The van der Waals surface area contributed by atoms with Crippen LogP contribution in [-0.2, 0) is 20.2 Å². The van der Waals surface area contributed by atoms with Crippen molar-refractivity contribution in [2.45, 2.75) is 9.79 Å². The van der Waals surface area contributed by atoms with Gasteiger partial charge in [-0.1, -0.05) is 72.8 Å². The van der Waals surface area contributed by atoms with E-state index in [1.165, 1.54) is 48.5 Å². The first-order valence-electron chi connectivity index (χ1n) is 11.4. The number of benzene rings is 4. The van der Waals surface area contributed by atoms with Crippen molar-refractivity contribution < 1.29 is 104 Å². The molecule has 0 unspecified atom stereocenters. The summed E-state index contributed by atoms with van der Waals surface area (Å²) in [5, 5.41) is 0. The maximum atomic E-state index is 12.4. The van der Waals surface area contributed by atoms with Gasteiger partial charge in [0.25, 0.3) is 0 Å². The van der Waals surface area contributed by atoms with Crippen LogP contribution in [0.5, 0.6) is 0 Å². The number of carbonyl (C=O) groups excluding carboxylic acids is 4. The Hall–Kier alpha value is -2.62. The predicted octanol–water partition coefficient (Wildman–Crippen LogP) is -3.26. The number of carbonyl (C=O) groups is 4. The van der Waals surface area contributed by atoms with Crippen LogP contribution in [0.15, 0.2) is 94.7 Å². The van der Waals surface area contributed by atoms with E-state index in [-0.39, 0.29) is 104 Å². The van der Waals surface area contributed by atoms with E-state index in [0.29, 0.717) is 0 Å². The summed E-state index contributed by atoms with van der Waals surface area (Å²) in [5.41, 5.74) is -0.105. The molecular weight excluding hydrogens is 606 g/mol. The molecule has 4 aromatic rings. The molecule has 0 saturated heterocycles. The third kappa shape index (κ3) is 5.92. The van der Waals surface area contributed by atoms with Gasteiger partial charge in [0, 0.05) is 33.4 Å². The monoisotopic (exact) mass is 620 g/mol. The van der Waals surface area contributed by atoms with Gasteiger partial charge >= 0.3 is 59.1 Å². The molecule has 0 aromatic heterocycles. The van der Waals surface area contributed by atoms with Gasteiger partial charge in [-0.15, -0.1) is 0 Å². The summed E-state index contributed by atoms with van der Waals surface area (Å²) in [7, 11) is -9.65. The fraction of sp³-hybridized carbons (Fsp3) is 0. The van der Waals surface area contributed by atoms with E-state index in [4.69, 9.17) is 0 Å². The maximum absolute atomic E-state index is 12.4. The van der Waals surface area contributed by atoms with Gasteiger partial charge in [0.2, 0.25) is 0 Å². The third-order valence-corrected chi connectivity index (χ3v) is 8.12. The molecule has 2 aliphatic carbocycles. The van der Waals surface area contributed by atoms with Gasteiger partial charge < -0.3 is 9.11 Å². The first-order valence-corrected chi connectivity index (χ1v) is 14.2. The van der Waals surface area contributed by atoms with E-state index in [2.05, 4.69) is 0 Å². The van der Waals surface area contributed by atoms with Crippen LogP contribution >= 0.6 is 0 Å². The molecule has 0 amide bonds. The van der Waals surface area contributed by atoms with Crippen LogP contribution in [0, 0.1) is 0 Å². The first kappa shape index (κ1) is 33.9. The minimum atomic E-state index is -4.83. The smallest absolute Gasteiger partial charge is 0.744 e. The average molecular weight is 621 g/mol. The van der Waals surface area contributed by atoms with Gasteiger partial charge in [0.05, 0.1) is 20.9 Å². The molecule has 42 heavy (non-hydrogen) atoms. The fourth-order valence-corrected chi connectivity index (χ4v) is 6.04. The SMILES string of the molecule is O=C1c2ccccc2C(=O)c2c1cccc2S(=O)(=O)[O-].O=C1c2ccccc2C(=O)c2c1cccc2S(=O)(=O)[O-].[Na+].[Na+]. The molecule has 0 fully saturated rings. The second kappa shape index (κ2) is 12.5. The maximum Gasteiger partial charge on any atom is 1.00 e. The molecule has 0 saturated carbocycles. The Labute approximate surface area is 284 Å². The van der Waals surface area contributed by atoms with Crippen molar-refractivity contribution in [3.63, 3.8) is 0 Å².